The second-order valence-corrected chi connectivity index (χ2v) is 19.9. The van der Waals surface area contributed by atoms with Gasteiger partial charge in [0.1, 0.15) is 48.3 Å². The van der Waals surface area contributed by atoms with E-state index in [1.54, 1.807) is 75.6 Å². The summed E-state index contributed by atoms with van der Waals surface area (Å²) in [4.78, 5) is 78.5. The lowest BCUT2D eigenvalue weighted by molar-refractivity contribution is -0.137. The molecular formula is C51H66F2N6O12. The molecule has 18 nitrogen and oxygen atoms in total. The maximum absolute atomic E-state index is 15.2. The minimum atomic E-state index is -0.634. The number of aliphatic hydroxyl groups is 1. The number of nitrogens with zero attached hydrogens (tertiary/aromatic N) is 4. The molecule has 0 bridgehead atoms. The highest BCUT2D eigenvalue weighted by Crippen LogP contribution is 2.35. The molecule has 0 saturated carbocycles. The fourth-order valence-electron chi connectivity index (χ4n) is 8.63. The molecule has 0 radical (unpaired) electrons. The van der Waals surface area contributed by atoms with E-state index in [9.17, 15) is 33.2 Å². The average molecular weight is 993 g/mol. The standard InChI is InChI=1S/C29H36FN3O6.C22H30FN3O6/c1-29(2,3)39-27(35)31-16-23-17-33(28(36)38-23)22-9-10-24(25(30)15-22)21-11-13-32(14-12-21)26(34)19-37-18-20-7-5-4-6-8-20;1-22(2,3)32-20(29)24-11-16-12-26(21(30)31-16)15-4-5-17(18(23)10-15)14-6-8-25(9-7-14)19(28)13-27/h4-10,15,21,23H,11-14,16-19H2,1-3H3,(H,31,35);4-5,10,14,16,27H,6-9,11-13H2,1-3H3,(H,24,29)/t23-;16-/m00/s1. The number of rotatable bonds is 13. The van der Waals surface area contributed by atoms with E-state index in [1.165, 1.54) is 21.9 Å². The maximum Gasteiger partial charge on any atom is 0.414 e. The SMILES string of the molecule is CC(C)(C)OC(=O)NC[C@H]1CN(c2ccc(C3CCN(C(=O)CO)CC3)c(F)c2)C(=O)O1.CC(C)(C)OC(=O)NC[C@H]1CN(c2ccc(C3CCN(C(=O)COCc4ccccc4)CC3)c(F)c2)C(=O)O1. The maximum atomic E-state index is 15.2. The van der Waals surface area contributed by atoms with Crippen LogP contribution in [0.5, 0.6) is 0 Å². The van der Waals surface area contributed by atoms with Crippen LogP contribution in [0, 0.1) is 11.6 Å². The zero-order valence-electron chi connectivity index (χ0n) is 41.2. The summed E-state index contributed by atoms with van der Waals surface area (Å²) in [7, 11) is 0. The Balaban J connectivity index is 0.000000237. The highest BCUT2D eigenvalue weighted by atomic mass is 19.1. The molecule has 20 heteroatoms. The lowest BCUT2D eigenvalue weighted by Crippen LogP contribution is -2.40. The van der Waals surface area contributed by atoms with Crippen molar-refractivity contribution in [1.29, 1.82) is 0 Å². The highest BCUT2D eigenvalue weighted by molar-refractivity contribution is 5.90. The first kappa shape index (κ1) is 53.8. The van der Waals surface area contributed by atoms with Crippen molar-refractivity contribution in [2.75, 3.05) is 75.4 Å². The molecule has 3 N–H and O–H groups in total. The molecule has 4 fully saturated rings. The summed E-state index contributed by atoms with van der Waals surface area (Å²) < 4.78 is 56.6. The molecule has 4 heterocycles. The van der Waals surface area contributed by atoms with Crippen molar-refractivity contribution in [1.82, 2.24) is 20.4 Å². The average Bonchev–Trinajstić information content (AvgIpc) is 3.90. The Hall–Kier alpha value is -6.54. The van der Waals surface area contributed by atoms with Gasteiger partial charge in [-0.3, -0.25) is 19.4 Å². The van der Waals surface area contributed by atoms with E-state index >= 15 is 4.39 Å². The molecule has 0 aromatic heterocycles. The number of nitrogens with one attached hydrogen (secondary N) is 2. The van der Waals surface area contributed by atoms with Gasteiger partial charge in [-0.1, -0.05) is 42.5 Å². The van der Waals surface area contributed by atoms with E-state index in [-0.39, 0.29) is 56.4 Å². The molecule has 0 unspecified atom stereocenters. The van der Waals surface area contributed by atoms with Crippen molar-refractivity contribution in [3.05, 3.63) is 95.1 Å². The van der Waals surface area contributed by atoms with Crippen LogP contribution in [0.25, 0.3) is 0 Å². The molecule has 0 spiro atoms. The van der Waals surface area contributed by atoms with E-state index in [0.717, 1.165) is 5.56 Å². The third kappa shape index (κ3) is 15.7. The molecule has 6 amide bonds. The molecule has 3 aromatic rings. The van der Waals surface area contributed by atoms with Gasteiger partial charge in [0.05, 0.1) is 44.2 Å². The summed E-state index contributed by atoms with van der Waals surface area (Å²) in [5.74, 6) is -1.26. The van der Waals surface area contributed by atoms with Crippen LogP contribution in [0.3, 0.4) is 0 Å². The Morgan fingerprint density at radius 3 is 1.46 bits per heavy atom. The third-order valence-electron chi connectivity index (χ3n) is 12.1. The van der Waals surface area contributed by atoms with Crippen molar-refractivity contribution in [2.45, 2.75) is 109 Å². The number of likely N-dealkylation sites (tertiary alicyclic amines) is 2. The number of hydrogen-bond acceptors (Lipinski definition) is 12. The van der Waals surface area contributed by atoms with E-state index in [0.29, 0.717) is 81.0 Å². The Morgan fingerprint density at radius 2 is 1.07 bits per heavy atom. The first-order valence-corrected chi connectivity index (χ1v) is 23.9. The largest absolute Gasteiger partial charge is 0.444 e. The molecule has 0 aliphatic carbocycles. The predicted molar refractivity (Wildman–Crippen MR) is 257 cm³/mol. The molecule has 4 aliphatic heterocycles. The Morgan fingerprint density at radius 1 is 0.648 bits per heavy atom. The number of amides is 6. The molecule has 2 atom stereocenters. The Kier molecular flexibility index (Phi) is 18.2. The molecule has 4 aliphatic rings. The van der Waals surface area contributed by atoms with Crippen LogP contribution in [0.2, 0.25) is 0 Å². The summed E-state index contributed by atoms with van der Waals surface area (Å²) in [6.45, 7) is 12.9. The van der Waals surface area contributed by atoms with Crippen LogP contribution < -0.4 is 20.4 Å². The lowest BCUT2D eigenvalue weighted by atomic mass is 9.89. The molecule has 386 valence electrons. The van der Waals surface area contributed by atoms with Gasteiger partial charge in [-0.05, 0) is 120 Å². The fraction of sp³-hybridized carbons (Fsp3) is 0.529. The number of halogens is 2. The van der Waals surface area contributed by atoms with Crippen LogP contribution in [0.15, 0.2) is 66.7 Å². The number of aliphatic hydroxyl groups excluding tert-OH is 1. The number of ether oxygens (including phenoxy) is 5. The van der Waals surface area contributed by atoms with Gasteiger partial charge in [-0.25, -0.2) is 28.0 Å². The van der Waals surface area contributed by atoms with Crippen LogP contribution in [0.1, 0.15) is 95.8 Å². The molecule has 3 aromatic carbocycles. The number of carbonyl (C=O) groups is 6. The van der Waals surface area contributed by atoms with E-state index < -0.39 is 66.0 Å². The van der Waals surface area contributed by atoms with Gasteiger partial charge in [0.25, 0.3) is 0 Å². The van der Waals surface area contributed by atoms with E-state index in [2.05, 4.69) is 10.6 Å². The zero-order chi connectivity index (χ0) is 51.5. The van der Waals surface area contributed by atoms with Gasteiger partial charge in [-0.15, -0.1) is 0 Å². The van der Waals surface area contributed by atoms with Crippen molar-refractivity contribution >= 4 is 47.6 Å². The third-order valence-corrected chi connectivity index (χ3v) is 12.1. The number of hydrogen-bond donors (Lipinski definition) is 3. The van der Waals surface area contributed by atoms with Gasteiger partial charge >= 0.3 is 24.4 Å². The van der Waals surface area contributed by atoms with Crippen LogP contribution in [-0.4, -0.2) is 140 Å². The predicted octanol–water partition coefficient (Wildman–Crippen LogP) is 6.97. The van der Waals surface area contributed by atoms with Gasteiger partial charge in [0.15, 0.2) is 0 Å². The summed E-state index contributed by atoms with van der Waals surface area (Å²) in [5.41, 5.74) is 1.63. The fourth-order valence-corrected chi connectivity index (χ4v) is 8.63. The van der Waals surface area contributed by atoms with Crippen molar-refractivity contribution in [3.63, 3.8) is 0 Å². The van der Waals surface area contributed by atoms with E-state index in [4.69, 9.17) is 28.8 Å². The minimum absolute atomic E-state index is 0.0167. The van der Waals surface area contributed by atoms with Crippen LogP contribution in [-0.2, 0) is 39.9 Å². The van der Waals surface area contributed by atoms with Crippen molar-refractivity contribution in [3.8, 4) is 0 Å². The first-order chi connectivity index (χ1) is 33.7. The highest BCUT2D eigenvalue weighted by Gasteiger charge is 2.36. The summed E-state index contributed by atoms with van der Waals surface area (Å²) in [6.07, 6.45) is -1.07. The smallest absolute Gasteiger partial charge is 0.414 e. The molecule has 7 rings (SSSR count). The number of cyclic esters (lactones) is 2. The topological polar surface area (TPSA) is 206 Å². The zero-order valence-corrected chi connectivity index (χ0v) is 41.2. The monoisotopic (exact) mass is 992 g/mol. The number of alkyl carbamates (subject to hydrolysis) is 2. The normalized spacial score (nSPS) is 18.8. The molecule has 4 saturated heterocycles. The lowest BCUT2D eigenvalue weighted by Gasteiger charge is -2.32. The van der Waals surface area contributed by atoms with Crippen LogP contribution in [0.4, 0.5) is 39.3 Å². The Bertz CT molecular complexity index is 2350. The van der Waals surface area contributed by atoms with Crippen molar-refractivity contribution < 1.29 is 66.3 Å². The minimum Gasteiger partial charge on any atom is -0.444 e. The van der Waals surface area contributed by atoms with Gasteiger partial charge in [-0.2, -0.15) is 0 Å². The number of anilines is 2. The summed E-state index contributed by atoms with van der Waals surface area (Å²) in [5, 5.41) is 14.1. The second kappa shape index (κ2) is 24.0. The Labute approximate surface area is 412 Å². The van der Waals surface area contributed by atoms with Gasteiger partial charge in [0, 0.05) is 26.2 Å². The number of carbonyl (C=O) groups excluding carboxylic acids is 6. The number of piperidine rings is 2. The summed E-state index contributed by atoms with van der Waals surface area (Å²) >= 11 is 0. The first-order valence-electron chi connectivity index (χ1n) is 23.9. The second-order valence-electron chi connectivity index (χ2n) is 19.9. The van der Waals surface area contributed by atoms with Gasteiger partial charge in [0.2, 0.25) is 11.8 Å². The number of benzene rings is 3. The quantitative estimate of drug-likeness (QED) is 0.149. The summed E-state index contributed by atoms with van der Waals surface area (Å²) in [6, 6.07) is 19.1. The molecule has 71 heavy (non-hydrogen) atoms. The van der Waals surface area contributed by atoms with E-state index in [1.807, 2.05) is 30.3 Å². The van der Waals surface area contributed by atoms with Gasteiger partial charge < -0.3 is 49.2 Å². The van der Waals surface area contributed by atoms with Crippen molar-refractivity contribution in [2.24, 2.45) is 0 Å². The molecular weight excluding hydrogens is 927 g/mol. The van der Waals surface area contributed by atoms with Crippen LogP contribution >= 0.6 is 0 Å².